The van der Waals surface area contributed by atoms with E-state index in [2.05, 4.69) is 6.92 Å². The molecule has 0 aliphatic heterocycles. The Morgan fingerprint density at radius 1 is 0.864 bits per heavy atom. The number of rotatable bonds is 3. The predicted octanol–water partition coefficient (Wildman–Crippen LogP) is 4.53. The summed E-state index contributed by atoms with van der Waals surface area (Å²) >= 11 is 0. The molecule has 0 aromatic heterocycles. The van der Waals surface area contributed by atoms with Gasteiger partial charge in [-0.1, -0.05) is 32.6 Å². The highest BCUT2D eigenvalue weighted by Crippen LogP contribution is 2.38. The third-order valence-electron chi connectivity index (χ3n) is 5.26. The van der Waals surface area contributed by atoms with Crippen LogP contribution in [0.4, 0.5) is 0 Å². The molecule has 2 saturated carbocycles. The smallest absolute Gasteiger partial charge is 0.310 e. The third-order valence-corrected chi connectivity index (χ3v) is 5.26. The first-order chi connectivity index (χ1) is 10.3. The van der Waals surface area contributed by atoms with Gasteiger partial charge < -0.3 is 4.74 Å². The molecule has 0 bridgehead atoms. The maximum atomic E-state index is 12.9. The lowest BCUT2D eigenvalue weighted by Gasteiger charge is -2.35. The van der Waals surface area contributed by atoms with Gasteiger partial charge >= 0.3 is 5.97 Å². The van der Waals surface area contributed by atoms with Gasteiger partial charge in [-0.05, 0) is 52.4 Å². The highest BCUT2D eigenvalue weighted by Gasteiger charge is 2.40. The molecule has 2 rings (SSSR count). The second kappa shape index (κ2) is 7.14. The van der Waals surface area contributed by atoms with E-state index in [4.69, 9.17) is 4.74 Å². The van der Waals surface area contributed by atoms with Gasteiger partial charge in [0, 0.05) is 11.8 Å². The Morgan fingerprint density at radius 2 is 1.41 bits per heavy atom. The van der Waals surface area contributed by atoms with Crippen LogP contribution in [0.1, 0.15) is 79.1 Å². The number of ketones is 1. The first-order valence-corrected chi connectivity index (χ1v) is 9.04. The van der Waals surface area contributed by atoms with E-state index in [0.29, 0.717) is 5.78 Å². The summed E-state index contributed by atoms with van der Waals surface area (Å²) in [6, 6.07) is 0. The molecule has 2 atom stereocenters. The first-order valence-electron chi connectivity index (χ1n) is 9.04. The van der Waals surface area contributed by atoms with Crippen molar-refractivity contribution in [2.45, 2.75) is 84.7 Å². The fraction of sp³-hybridized carbons (Fsp3) is 0.895. The molecule has 2 aliphatic carbocycles. The van der Waals surface area contributed by atoms with E-state index in [1.165, 1.54) is 0 Å². The van der Waals surface area contributed by atoms with Crippen molar-refractivity contribution in [3.05, 3.63) is 0 Å². The third kappa shape index (κ3) is 4.57. The molecule has 0 aromatic carbocycles. The Bertz CT molecular complexity index is 399. The molecule has 2 fully saturated rings. The van der Waals surface area contributed by atoms with Gasteiger partial charge in [0.2, 0.25) is 0 Å². The topological polar surface area (TPSA) is 43.4 Å². The van der Waals surface area contributed by atoms with Crippen LogP contribution in [0.5, 0.6) is 0 Å². The van der Waals surface area contributed by atoms with E-state index in [-0.39, 0.29) is 23.7 Å². The summed E-state index contributed by atoms with van der Waals surface area (Å²) in [7, 11) is 0. The van der Waals surface area contributed by atoms with Gasteiger partial charge in [-0.3, -0.25) is 9.59 Å². The summed E-state index contributed by atoms with van der Waals surface area (Å²) in [5.41, 5.74) is -0.470. The van der Waals surface area contributed by atoms with Gasteiger partial charge in [0.25, 0.3) is 0 Å². The van der Waals surface area contributed by atoms with Crippen molar-refractivity contribution in [1.29, 1.82) is 0 Å². The molecule has 0 aromatic rings. The molecule has 0 heterocycles. The molecule has 3 nitrogen and oxygen atoms in total. The van der Waals surface area contributed by atoms with Crippen molar-refractivity contribution in [1.82, 2.24) is 0 Å². The van der Waals surface area contributed by atoms with Crippen LogP contribution in [0, 0.1) is 23.7 Å². The number of hydrogen-bond acceptors (Lipinski definition) is 3. The number of hydrogen-bond donors (Lipinski definition) is 0. The van der Waals surface area contributed by atoms with Gasteiger partial charge in [-0.2, -0.15) is 0 Å². The Hall–Kier alpha value is -0.860. The minimum absolute atomic E-state index is 0.0954. The largest absolute Gasteiger partial charge is 0.460 e. The molecule has 0 amide bonds. The van der Waals surface area contributed by atoms with Crippen LogP contribution in [0.2, 0.25) is 0 Å². The molecule has 0 radical (unpaired) electrons. The molecule has 3 heteroatoms. The maximum absolute atomic E-state index is 12.9. The fourth-order valence-corrected chi connectivity index (χ4v) is 3.98. The van der Waals surface area contributed by atoms with Gasteiger partial charge in [0.1, 0.15) is 11.4 Å². The van der Waals surface area contributed by atoms with Gasteiger partial charge in [0.15, 0.2) is 0 Å². The van der Waals surface area contributed by atoms with Gasteiger partial charge in [0.05, 0.1) is 5.92 Å². The summed E-state index contributed by atoms with van der Waals surface area (Å²) in [4.78, 5) is 25.4. The minimum atomic E-state index is -0.470. The minimum Gasteiger partial charge on any atom is -0.460 e. The Labute approximate surface area is 135 Å². The van der Waals surface area contributed by atoms with Crippen LogP contribution in [0.3, 0.4) is 0 Å². The zero-order valence-electron chi connectivity index (χ0n) is 14.7. The second-order valence-corrected chi connectivity index (χ2v) is 8.39. The Kier molecular flexibility index (Phi) is 5.68. The highest BCUT2D eigenvalue weighted by molar-refractivity contribution is 5.88. The number of carbonyl (C=O) groups is 2. The zero-order valence-corrected chi connectivity index (χ0v) is 14.7. The van der Waals surface area contributed by atoms with E-state index >= 15 is 0 Å². The standard InChI is InChI=1S/C19H32O3/c1-13-9-11-14(12-10-13)17(20)15-7-5-6-8-16(15)18(21)22-19(2,3)4/h13-16H,5-12H2,1-4H3/t13-,14-,15-,16-/m1/s1. The van der Waals surface area contributed by atoms with E-state index in [1.54, 1.807) is 0 Å². The number of esters is 1. The van der Waals surface area contributed by atoms with Crippen molar-refractivity contribution >= 4 is 11.8 Å². The van der Waals surface area contributed by atoms with E-state index < -0.39 is 5.60 Å². The summed E-state index contributed by atoms with van der Waals surface area (Å²) in [6.45, 7) is 7.96. The molecule has 0 N–H and O–H groups in total. The van der Waals surface area contributed by atoms with Crippen molar-refractivity contribution in [3.63, 3.8) is 0 Å². The van der Waals surface area contributed by atoms with Gasteiger partial charge in [-0.25, -0.2) is 0 Å². The summed E-state index contributed by atoms with van der Waals surface area (Å²) in [6.07, 6.45) is 8.12. The second-order valence-electron chi connectivity index (χ2n) is 8.39. The average Bonchev–Trinajstić information content (AvgIpc) is 2.45. The predicted molar refractivity (Wildman–Crippen MR) is 87.4 cm³/mol. The number of Topliss-reactive ketones (excluding diaryl/α,β-unsaturated/α-hetero) is 1. The molecule has 22 heavy (non-hydrogen) atoms. The van der Waals surface area contributed by atoms with Crippen LogP contribution in [0.25, 0.3) is 0 Å². The van der Waals surface area contributed by atoms with Crippen molar-refractivity contribution < 1.29 is 14.3 Å². The summed E-state index contributed by atoms with van der Waals surface area (Å²) < 4.78 is 5.57. The lowest BCUT2D eigenvalue weighted by molar-refractivity contribution is -0.165. The molecule has 0 saturated heterocycles. The Balaban J connectivity index is 2.02. The number of ether oxygens (including phenoxy) is 1. The lowest BCUT2D eigenvalue weighted by Crippen LogP contribution is -2.40. The average molecular weight is 308 g/mol. The van der Waals surface area contributed by atoms with Crippen molar-refractivity contribution in [3.8, 4) is 0 Å². The van der Waals surface area contributed by atoms with Crippen LogP contribution >= 0.6 is 0 Å². The molecular formula is C19H32O3. The normalized spacial score (nSPS) is 33.3. The first kappa shape index (κ1) is 17.5. The van der Waals surface area contributed by atoms with Gasteiger partial charge in [-0.15, -0.1) is 0 Å². The van der Waals surface area contributed by atoms with Crippen LogP contribution in [-0.2, 0) is 14.3 Å². The molecule has 2 aliphatic rings. The van der Waals surface area contributed by atoms with E-state index in [9.17, 15) is 9.59 Å². The van der Waals surface area contributed by atoms with Crippen LogP contribution < -0.4 is 0 Å². The molecule has 0 spiro atoms. The monoisotopic (exact) mass is 308 g/mol. The highest BCUT2D eigenvalue weighted by atomic mass is 16.6. The van der Waals surface area contributed by atoms with E-state index in [0.717, 1.165) is 57.3 Å². The number of carbonyl (C=O) groups excluding carboxylic acids is 2. The maximum Gasteiger partial charge on any atom is 0.310 e. The molecular weight excluding hydrogens is 276 g/mol. The fourth-order valence-electron chi connectivity index (χ4n) is 3.98. The zero-order chi connectivity index (χ0) is 16.3. The van der Waals surface area contributed by atoms with Crippen molar-refractivity contribution in [2.75, 3.05) is 0 Å². The molecule has 0 unspecified atom stereocenters. The van der Waals surface area contributed by atoms with Crippen molar-refractivity contribution in [2.24, 2.45) is 23.7 Å². The quantitative estimate of drug-likeness (QED) is 0.719. The van der Waals surface area contributed by atoms with E-state index in [1.807, 2.05) is 20.8 Å². The SMILES string of the molecule is CC(C)(C)OC(=O)[C@@H]1CCCC[C@H]1C(=O)[C@H]1CC[C@H](C)CC1. The lowest BCUT2D eigenvalue weighted by atomic mass is 9.70. The summed E-state index contributed by atoms with van der Waals surface area (Å²) in [5, 5.41) is 0. The van der Waals surface area contributed by atoms with Crippen LogP contribution in [0.15, 0.2) is 0 Å². The van der Waals surface area contributed by atoms with Crippen LogP contribution in [-0.4, -0.2) is 17.4 Å². The molecule has 126 valence electrons. The Morgan fingerprint density at radius 3 is 1.95 bits per heavy atom. The summed E-state index contributed by atoms with van der Waals surface area (Å²) in [5.74, 6) is 0.820.